The highest BCUT2D eigenvalue weighted by Crippen LogP contribution is 2.18. The van der Waals surface area contributed by atoms with Gasteiger partial charge >= 0.3 is 5.97 Å². The van der Waals surface area contributed by atoms with Gasteiger partial charge in [0.15, 0.2) is 5.96 Å². The van der Waals surface area contributed by atoms with Crippen molar-refractivity contribution in [3.63, 3.8) is 0 Å². The van der Waals surface area contributed by atoms with Crippen LogP contribution in [0.25, 0.3) is 0 Å². The third-order valence-corrected chi connectivity index (χ3v) is 5.42. The molecule has 0 aromatic carbocycles. The minimum Gasteiger partial charge on any atom is -0.469 e. The van der Waals surface area contributed by atoms with Crippen molar-refractivity contribution in [3.05, 3.63) is 0 Å². The molecular weight excluding hydrogens is 443 g/mol. The number of unbranched alkanes of at least 4 members (excludes halogenated alkanes) is 2. The van der Waals surface area contributed by atoms with E-state index >= 15 is 0 Å². The lowest BCUT2D eigenvalue weighted by molar-refractivity contribution is -0.146. The first kappa shape index (κ1) is 23.5. The summed E-state index contributed by atoms with van der Waals surface area (Å²) in [6.07, 6.45) is 9.62. The van der Waals surface area contributed by atoms with Crippen LogP contribution in [-0.2, 0) is 9.53 Å². The number of piperidine rings is 2. The van der Waals surface area contributed by atoms with Crippen LogP contribution in [0.1, 0.15) is 51.4 Å². The van der Waals surface area contributed by atoms with Crippen molar-refractivity contribution in [2.24, 2.45) is 10.9 Å². The maximum atomic E-state index is 11.6. The second-order valence-electron chi connectivity index (χ2n) is 7.22. The molecule has 1 N–H and O–H groups in total. The van der Waals surface area contributed by atoms with Crippen LogP contribution in [0, 0.1) is 5.92 Å². The summed E-state index contributed by atoms with van der Waals surface area (Å²) < 4.78 is 4.85. The Morgan fingerprint density at radius 3 is 2.38 bits per heavy atom. The first-order chi connectivity index (χ1) is 12.2. The molecule has 26 heavy (non-hydrogen) atoms. The van der Waals surface area contributed by atoms with Crippen molar-refractivity contribution in [1.82, 2.24) is 15.1 Å². The molecule has 0 bridgehead atoms. The number of hydrogen-bond acceptors (Lipinski definition) is 4. The molecule has 2 fully saturated rings. The molecule has 7 heteroatoms. The zero-order chi connectivity index (χ0) is 17.9. The van der Waals surface area contributed by atoms with Gasteiger partial charge in [0.2, 0.25) is 0 Å². The number of halogens is 1. The zero-order valence-corrected chi connectivity index (χ0v) is 18.9. The number of nitrogens with one attached hydrogen (secondary N) is 1. The van der Waals surface area contributed by atoms with Crippen LogP contribution in [0.3, 0.4) is 0 Å². The van der Waals surface area contributed by atoms with Gasteiger partial charge in [-0.1, -0.05) is 12.8 Å². The van der Waals surface area contributed by atoms with E-state index in [9.17, 15) is 4.79 Å². The van der Waals surface area contributed by atoms with E-state index in [0.717, 1.165) is 38.4 Å². The topological polar surface area (TPSA) is 57.2 Å². The van der Waals surface area contributed by atoms with Gasteiger partial charge in [-0.15, -0.1) is 24.0 Å². The van der Waals surface area contributed by atoms with Crippen LogP contribution >= 0.6 is 24.0 Å². The van der Waals surface area contributed by atoms with E-state index in [1.165, 1.54) is 65.3 Å². The van der Waals surface area contributed by atoms with E-state index in [1.54, 1.807) is 0 Å². The molecule has 152 valence electrons. The average molecular weight is 480 g/mol. The Morgan fingerprint density at radius 2 is 1.77 bits per heavy atom. The van der Waals surface area contributed by atoms with Gasteiger partial charge < -0.3 is 19.9 Å². The number of methoxy groups -OCH3 is 1. The maximum Gasteiger partial charge on any atom is 0.308 e. The highest BCUT2D eigenvalue weighted by molar-refractivity contribution is 14.0. The molecule has 2 heterocycles. The number of carbonyl (C=O) groups is 1. The number of ether oxygens (including phenoxy) is 1. The van der Waals surface area contributed by atoms with E-state index in [-0.39, 0.29) is 35.9 Å². The van der Waals surface area contributed by atoms with Gasteiger partial charge in [0.05, 0.1) is 13.0 Å². The summed E-state index contributed by atoms with van der Waals surface area (Å²) in [4.78, 5) is 20.9. The second-order valence-corrected chi connectivity index (χ2v) is 7.22. The van der Waals surface area contributed by atoms with Gasteiger partial charge in [0.25, 0.3) is 0 Å². The number of nitrogens with zero attached hydrogens (tertiary/aromatic N) is 3. The van der Waals surface area contributed by atoms with Crippen LogP contribution in [0.5, 0.6) is 0 Å². The molecular formula is C19H37IN4O2. The summed E-state index contributed by atoms with van der Waals surface area (Å²) in [5.74, 6) is 0.949. The van der Waals surface area contributed by atoms with Gasteiger partial charge in [-0.25, -0.2) is 0 Å². The molecule has 6 nitrogen and oxygen atoms in total. The molecule has 0 aromatic heterocycles. The van der Waals surface area contributed by atoms with E-state index in [0.29, 0.717) is 0 Å². The molecule has 2 aliphatic rings. The van der Waals surface area contributed by atoms with Crippen LogP contribution in [0.15, 0.2) is 4.99 Å². The summed E-state index contributed by atoms with van der Waals surface area (Å²) in [6.45, 7) is 6.57. The lowest BCUT2D eigenvalue weighted by Crippen LogP contribution is -2.46. The largest absolute Gasteiger partial charge is 0.469 e. The normalized spacial score (nSPS) is 19.8. The van der Waals surface area contributed by atoms with Crippen LogP contribution in [-0.4, -0.2) is 75.2 Å². The summed E-state index contributed by atoms with van der Waals surface area (Å²) in [7, 11) is 3.31. The number of likely N-dealkylation sites (tertiary alicyclic amines) is 2. The lowest BCUT2D eigenvalue weighted by Gasteiger charge is -2.33. The molecule has 0 atom stereocenters. The number of esters is 1. The van der Waals surface area contributed by atoms with Gasteiger partial charge in [0.1, 0.15) is 0 Å². The minimum atomic E-state index is -0.0729. The SMILES string of the molecule is CN=C(NCCCCCN1CCCCC1)N1CCC(C(=O)OC)CC1.I. The van der Waals surface area contributed by atoms with E-state index in [1.807, 2.05) is 7.05 Å². The van der Waals surface area contributed by atoms with Gasteiger partial charge in [-0.3, -0.25) is 9.79 Å². The fourth-order valence-electron chi connectivity index (χ4n) is 3.85. The Bertz CT molecular complexity index is 420. The standard InChI is InChI=1S/C19H36N4O2.HI/c1-20-19(23-15-9-17(10-16-23)18(24)25-2)21-11-5-3-6-12-22-13-7-4-8-14-22;/h17H,3-16H2,1-2H3,(H,20,21);1H. The third-order valence-electron chi connectivity index (χ3n) is 5.42. The lowest BCUT2D eigenvalue weighted by atomic mass is 9.97. The highest BCUT2D eigenvalue weighted by Gasteiger charge is 2.26. The molecule has 2 aliphatic heterocycles. The van der Waals surface area contributed by atoms with E-state index in [4.69, 9.17) is 4.74 Å². The smallest absolute Gasteiger partial charge is 0.308 e. The van der Waals surface area contributed by atoms with Gasteiger partial charge in [0, 0.05) is 26.7 Å². The summed E-state index contributed by atoms with van der Waals surface area (Å²) in [5.41, 5.74) is 0. The molecule has 0 spiro atoms. The number of carbonyl (C=O) groups excluding carboxylic acids is 1. The van der Waals surface area contributed by atoms with Crippen molar-refractivity contribution in [1.29, 1.82) is 0 Å². The number of hydrogen-bond donors (Lipinski definition) is 1. The monoisotopic (exact) mass is 480 g/mol. The Labute approximate surface area is 176 Å². The minimum absolute atomic E-state index is 0. The second kappa shape index (κ2) is 13.6. The van der Waals surface area contributed by atoms with Gasteiger partial charge in [-0.05, 0) is 58.2 Å². The summed E-state index contributed by atoms with van der Waals surface area (Å²) in [6, 6.07) is 0. The van der Waals surface area contributed by atoms with Crippen LogP contribution in [0.2, 0.25) is 0 Å². The Morgan fingerprint density at radius 1 is 1.08 bits per heavy atom. The van der Waals surface area contributed by atoms with Crippen LogP contribution in [0.4, 0.5) is 0 Å². The number of guanidine groups is 1. The predicted molar refractivity (Wildman–Crippen MR) is 117 cm³/mol. The van der Waals surface area contributed by atoms with Gasteiger partial charge in [-0.2, -0.15) is 0 Å². The van der Waals surface area contributed by atoms with Crippen molar-refractivity contribution in [2.45, 2.75) is 51.4 Å². The summed E-state index contributed by atoms with van der Waals surface area (Å²) in [5, 5.41) is 3.48. The summed E-state index contributed by atoms with van der Waals surface area (Å²) >= 11 is 0. The van der Waals surface area contributed by atoms with E-state index in [2.05, 4.69) is 20.1 Å². The average Bonchev–Trinajstić information content (AvgIpc) is 2.68. The molecule has 0 amide bonds. The molecule has 0 saturated carbocycles. The molecule has 0 aliphatic carbocycles. The van der Waals surface area contributed by atoms with Crippen molar-refractivity contribution in [2.75, 3.05) is 53.4 Å². The number of aliphatic imine (C=N–C) groups is 1. The molecule has 0 radical (unpaired) electrons. The Kier molecular flexibility index (Phi) is 12.3. The molecule has 2 saturated heterocycles. The molecule has 2 rings (SSSR count). The maximum absolute atomic E-state index is 11.6. The Balaban J connectivity index is 0.00000338. The van der Waals surface area contributed by atoms with Crippen LogP contribution < -0.4 is 5.32 Å². The molecule has 0 unspecified atom stereocenters. The predicted octanol–water partition coefficient (Wildman–Crippen LogP) is 2.72. The fraction of sp³-hybridized carbons (Fsp3) is 0.895. The first-order valence-electron chi connectivity index (χ1n) is 10.0. The van der Waals surface area contributed by atoms with Crippen molar-refractivity contribution in [3.8, 4) is 0 Å². The quantitative estimate of drug-likeness (QED) is 0.200. The molecule has 0 aromatic rings. The number of rotatable bonds is 7. The zero-order valence-electron chi connectivity index (χ0n) is 16.5. The third kappa shape index (κ3) is 7.98. The fourth-order valence-corrected chi connectivity index (χ4v) is 3.85. The Hall–Kier alpha value is -0.570. The van der Waals surface area contributed by atoms with Crippen molar-refractivity contribution >= 4 is 35.9 Å². The van der Waals surface area contributed by atoms with Crippen molar-refractivity contribution < 1.29 is 9.53 Å². The van der Waals surface area contributed by atoms with E-state index < -0.39 is 0 Å². The highest BCUT2D eigenvalue weighted by atomic mass is 127. The first-order valence-corrected chi connectivity index (χ1v) is 10.0.